The number of carbonyl (C=O) groups is 1. The van der Waals surface area contributed by atoms with Crippen LogP contribution in [-0.4, -0.2) is 37.1 Å². The van der Waals surface area contributed by atoms with Gasteiger partial charge in [0.2, 0.25) is 0 Å². The highest BCUT2D eigenvalue weighted by molar-refractivity contribution is 7.98. The van der Waals surface area contributed by atoms with Gasteiger partial charge in [0.25, 0.3) is 0 Å². The third-order valence-electron chi connectivity index (χ3n) is 3.09. The summed E-state index contributed by atoms with van der Waals surface area (Å²) in [5, 5.41) is 0. The molecule has 1 saturated carbocycles. The summed E-state index contributed by atoms with van der Waals surface area (Å²) in [6, 6.07) is 7.88. The molecule has 0 unspecified atom stereocenters. The lowest BCUT2D eigenvalue weighted by atomic mass is 10.1. The summed E-state index contributed by atoms with van der Waals surface area (Å²) in [5.41, 5.74) is 0.824. The Bertz CT molecular complexity index is 384. The zero-order valence-electron chi connectivity index (χ0n) is 10.5. The molecule has 17 heavy (non-hydrogen) atoms. The van der Waals surface area contributed by atoms with Gasteiger partial charge in [-0.3, -0.25) is 9.69 Å². The lowest BCUT2D eigenvalue weighted by Gasteiger charge is -2.15. The lowest BCUT2D eigenvalue weighted by Crippen LogP contribution is -2.27. The molecule has 3 heteroatoms. The van der Waals surface area contributed by atoms with Crippen molar-refractivity contribution in [3.63, 3.8) is 0 Å². The Hall–Kier alpha value is -0.800. The number of ketones is 1. The van der Waals surface area contributed by atoms with Crippen LogP contribution in [0.25, 0.3) is 0 Å². The fourth-order valence-electron chi connectivity index (χ4n) is 1.92. The number of likely N-dealkylation sites (N-methyl/N-ethyl adjacent to an activating group) is 1. The van der Waals surface area contributed by atoms with Crippen molar-refractivity contribution in [3.05, 3.63) is 29.8 Å². The first-order valence-electron chi connectivity index (χ1n) is 6.05. The van der Waals surface area contributed by atoms with Crippen LogP contribution in [0.5, 0.6) is 0 Å². The first-order valence-corrected chi connectivity index (χ1v) is 7.27. The molecule has 0 aromatic heterocycles. The van der Waals surface area contributed by atoms with Gasteiger partial charge >= 0.3 is 0 Å². The zero-order chi connectivity index (χ0) is 12.3. The molecule has 0 aliphatic heterocycles. The van der Waals surface area contributed by atoms with Crippen LogP contribution < -0.4 is 0 Å². The van der Waals surface area contributed by atoms with E-state index in [1.165, 1.54) is 17.7 Å². The molecule has 0 spiro atoms. The Morgan fingerprint density at radius 2 is 2.00 bits per heavy atom. The molecule has 0 saturated heterocycles. The van der Waals surface area contributed by atoms with E-state index in [0.29, 0.717) is 6.54 Å². The molecule has 0 atom stereocenters. The van der Waals surface area contributed by atoms with Gasteiger partial charge in [0.1, 0.15) is 0 Å². The second kappa shape index (κ2) is 5.69. The molecule has 0 amide bonds. The maximum absolute atomic E-state index is 12.0. The molecule has 92 valence electrons. The molecule has 1 aromatic carbocycles. The maximum Gasteiger partial charge on any atom is 0.176 e. The smallest absolute Gasteiger partial charge is 0.176 e. The molecule has 1 fully saturated rings. The average Bonchev–Trinajstić information content (AvgIpc) is 3.12. The molecule has 1 aromatic rings. The van der Waals surface area contributed by atoms with Gasteiger partial charge < -0.3 is 0 Å². The summed E-state index contributed by atoms with van der Waals surface area (Å²) in [4.78, 5) is 15.4. The predicted octanol–water partition coefficient (Wildman–Crippen LogP) is 2.93. The van der Waals surface area contributed by atoms with Crippen molar-refractivity contribution in [2.45, 2.75) is 17.7 Å². The van der Waals surface area contributed by atoms with Crippen molar-refractivity contribution < 1.29 is 4.79 Å². The van der Waals surface area contributed by atoms with E-state index in [4.69, 9.17) is 0 Å². The molecule has 2 nitrogen and oxygen atoms in total. The summed E-state index contributed by atoms with van der Waals surface area (Å²) in [6.45, 7) is 1.60. The number of hydrogen-bond acceptors (Lipinski definition) is 3. The van der Waals surface area contributed by atoms with E-state index in [1.54, 1.807) is 11.8 Å². The third-order valence-corrected chi connectivity index (χ3v) is 3.84. The largest absolute Gasteiger partial charge is 0.299 e. The first-order chi connectivity index (χ1) is 8.19. The molecule has 2 rings (SSSR count). The number of thioether (sulfide) groups is 1. The van der Waals surface area contributed by atoms with E-state index in [9.17, 15) is 4.79 Å². The van der Waals surface area contributed by atoms with Crippen molar-refractivity contribution in [1.29, 1.82) is 0 Å². The Morgan fingerprint density at radius 3 is 2.53 bits per heavy atom. The van der Waals surface area contributed by atoms with E-state index < -0.39 is 0 Å². The van der Waals surface area contributed by atoms with Crippen LogP contribution in [0.1, 0.15) is 23.2 Å². The van der Waals surface area contributed by atoms with E-state index in [-0.39, 0.29) is 5.78 Å². The van der Waals surface area contributed by atoms with Gasteiger partial charge in [-0.2, -0.15) is 0 Å². The number of hydrogen-bond donors (Lipinski definition) is 0. The van der Waals surface area contributed by atoms with Gasteiger partial charge in [0.05, 0.1) is 6.54 Å². The summed E-state index contributed by atoms with van der Waals surface area (Å²) in [5.74, 6) is 1.06. The number of Topliss-reactive ketones (excluding diaryl/α,β-unsaturated/α-hetero) is 1. The number of rotatable bonds is 6. The molecule has 1 aliphatic carbocycles. The van der Waals surface area contributed by atoms with E-state index in [1.807, 2.05) is 37.6 Å². The monoisotopic (exact) mass is 249 g/mol. The summed E-state index contributed by atoms with van der Waals surface area (Å²) >= 11 is 1.70. The van der Waals surface area contributed by atoms with Crippen molar-refractivity contribution in [2.24, 2.45) is 5.92 Å². The number of carbonyl (C=O) groups excluding carboxylic acids is 1. The van der Waals surface area contributed by atoms with Crippen LogP contribution in [0.3, 0.4) is 0 Å². The summed E-state index contributed by atoms with van der Waals surface area (Å²) in [7, 11) is 2.03. The normalized spacial score (nSPS) is 15.2. The van der Waals surface area contributed by atoms with Crippen molar-refractivity contribution in [3.8, 4) is 0 Å². The highest BCUT2D eigenvalue weighted by Gasteiger charge is 2.23. The average molecular weight is 249 g/mol. The molecular weight excluding hydrogens is 230 g/mol. The van der Waals surface area contributed by atoms with E-state index >= 15 is 0 Å². The van der Waals surface area contributed by atoms with Gasteiger partial charge in [0.15, 0.2) is 5.78 Å². The van der Waals surface area contributed by atoms with Gasteiger partial charge in [-0.25, -0.2) is 0 Å². The fourth-order valence-corrected chi connectivity index (χ4v) is 2.33. The van der Waals surface area contributed by atoms with E-state index in [2.05, 4.69) is 4.90 Å². The number of nitrogens with zero attached hydrogens (tertiary/aromatic N) is 1. The van der Waals surface area contributed by atoms with Crippen LogP contribution in [0.15, 0.2) is 29.2 Å². The first kappa shape index (κ1) is 12.7. The second-order valence-corrected chi connectivity index (χ2v) is 5.67. The van der Waals surface area contributed by atoms with Crippen molar-refractivity contribution in [1.82, 2.24) is 4.90 Å². The van der Waals surface area contributed by atoms with E-state index in [0.717, 1.165) is 18.0 Å². The minimum atomic E-state index is 0.223. The van der Waals surface area contributed by atoms with Crippen LogP contribution >= 0.6 is 11.8 Å². The Morgan fingerprint density at radius 1 is 1.35 bits per heavy atom. The quantitative estimate of drug-likeness (QED) is 0.571. The highest BCUT2D eigenvalue weighted by Crippen LogP contribution is 2.29. The summed E-state index contributed by atoms with van der Waals surface area (Å²) < 4.78 is 0. The minimum absolute atomic E-state index is 0.223. The van der Waals surface area contributed by atoms with Gasteiger partial charge in [0, 0.05) is 17.0 Å². The minimum Gasteiger partial charge on any atom is -0.299 e. The third kappa shape index (κ3) is 3.86. The molecule has 1 aliphatic rings. The Labute approximate surface area is 107 Å². The SMILES string of the molecule is CSc1ccc(C(=O)CN(C)CC2CC2)cc1. The van der Waals surface area contributed by atoms with Crippen LogP contribution in [0.2, 0.25) is 0 Å². The highest BCUT2D eigenvalue weighted by atomic mass is 32.2. The number of benzene rings is 1. The van der Waals surface area contributed by atoms with Crippen LogP contribution in [0, 0.1) is 5.92 Å². The Kier molecular flexibility index (Phi) is 4.24. The lowest BCUT2D eigenvalue weighted by molar-refractivity contribution is 0.0944. The van der Waals surface area contributed by atoms with Crippen LogP contribution in [-0.2, 0) is 0 Å². The molecule has 0 bridgehead atoms. The topological polar surface area (TPSA) is 20.3 Å². The maximum atomic E-state index is 12.0. The van der Waals surface area contributed by atoms with Gasteiger partial charge in [-0.15, -0.1) is 11.8 Å². The Balaban J connectivity index is 1.88. The van der Waals surface area contributed by atoms with Crippen molar-refractivity contribution in [2.75, 3.05) is 26.4 Å². The zero-order valence-corrected chi connectivity index (χ0v) is 11.3. The fraction of sp³-hybridized carbons (Fsp3) is 0.500. The van der Waals surface area contributed by atoms with Gasteiger partial charge in [-0.05, 0) is 44.2 Å². The standard InChI is InChI=1S/C14H19NOS/c1-15(9-11-3-4-11)10-14(16)12-5-7-13(17-2)8-6-12/h5-8,11H,3-4,9-10H2,1-2H3. The van der Waals surface area contributed by atoms with Crippen molar-refractivity contribution >= 4 is 17.5 Å². The predicted molar refractivity (Wildman–Crippen MR) is 72.8 cm³/mol. The molecule has 0 radical (unpaired) electrons. The van der Waals surface area contributed by atoms with Crippen LogP contribution in [0.4, 0.5) is 0 Å². The molecule has 0 N–H and O–H groups in total. The second-order valence-electron chi connectivity index (χ2n) is 4.79. The molecular formula is C14H19NOS. The summed E-state index contributed by atoms with van der Waals surface area (Å²) in [6.07, 6.45) is 4.71. The molecule has 0 heterocycles. The van der Waals surface area contributed by atoms with Gasteiger partial charge in [-0.1, -0.05) is 12.1 Å².